The van der Waals surface area contributed by atoms with Gasteiger partial charge in [0, 0.05) is 13.1 Å². The van der Waals surface area contributed by atoms with E-state index < -0.39 is 0 Å². The van der Waals surface area contributed by atoms with Gasteiger partial charge in [0.25, 0.3) is 0 Å². The van der Waals surface area contributed by atoms with Crippen molar-refractivity contribution in [1.29, 1.82) is 0 Å². The molecule has 0 radical (unpaired) electrons. The Labute approximate surface area is 251 Å². The lowest BCUT2D eigenvalue weighted by Crippen LogP contribution is -2.26. The lowest BCUT2D eigenvalue weighted by molar-refractivity contribution is 0.526. The molecule has 0 aliphatic heterocycles. The van der Waals surface area contributed by atoms with Crippen molar-refractivity contribution < 1.29 is 0 Å². The zero-order valence-electron chi connectivity index (χ0n) is 27.5. The predicted octanol–water partition coefficient (Wildman–Crippen LogP) is 12.4. The van der Waals surface area contributed by atoms with Crippen molar-refractivity contribution in [1.82, 2.24) is 15.4 Å². The maximum atomic E-state index is 4.38. The van der Waals surface area contributed by atoms with E-state index in [-0.39, 0.29) is 0 Å². The molecule has 0 amide bonds. The highest BCUT2D eigenvalue weighted by Crippen LogP contribution is 2.17. The summed E-state index contributed by atoms with van der Waals surface area (Å²) in [6.45, 7) is 6.86. The lowest BCUT2D eigenvalue weighted by atomic mass is 10.0. The van der Waals surface area contributed by atoms with Gasteiger partial charge in [-0.25, -0.2) is 0 Å². The molecule has 0 unspecified atom stereocenters. The minimum absolute atomic E-state index is 1.04. The third kappa shape index (κ3) is 24.7. The summed E-state index contributed by atoms with van der Waals surface area (Å²) in [5.41, 5.74) is 0. The van der Waals surface area contributed by atoms with Gasteiger partial charge in [-0.3, -0.25) is 0 Å². The van der Waals surface area contributed by atoms with Crippen LogP contribution in [-0.4, -0.2) is 28.5 Å². The van der Waals surface area contributed by atoms with Crippen LogP contribution in [0.15, 0.2) is 6.20 Å². The fourth-order valence-corrected chi connectivity index (χ4v) is 6.04. The van der Waals surface area contributed by atoms with E-state index in [1.807, 2.05) is 6.20 Å². The summed E-state index contributed by atoms with van der Waals surface area (Å²) in [5, 5.41) is 11.3. The summed E-state index contributed by atoms with van der Waals surface area (Å²) in [6.07, 6.45) is 44.5. The Morgan fingerprint density at radius 2 is 0.700 bits per heavy atom. The maximum Gasteiger partial charge on any atom is 0.170 e. The van der Waals surface area contributed by atoms with Crippen LogP contribution in [0.25, 0.3) is 0 Å². The van der Waals surface area contributed by atoms with E-state index in [0.717, 1.165) is 18.9 Å². The molecule has 0 aliphatic carbocycles. The maximum absolute atomic E-state index is 4.38. The second-order valence-corrected chi connectivity index (χ2v) is 12.7. The van der Waals surface area contributed by atoms with Crippen LogP contribution in [0.4, 0.5) is 5.82 Å². The molecule has 0 aliphatic rings. The first kappa shape index (κ1) is 37.0. The largest absolute Gasteiger partial charge is 0.354 e. The molecule has 1 N–H and O–H groups in total. The summed E-state index contributed by atoms with van der Waals surface area (Å²) < 4.78 is 0. The van der Waals surface area contributed by atoms with Crippen LogP contribution in [0.2, 0.25) is 0 Å². The second-order valence-electron chi connectivity index (χ2n) is 12.7. The molecule has 40 heavy (non-hydrogen) atoms. The second kappa shape index (κ2) is 30.9. The van der Waals surface area contributed by atoms with Gasteiger partial charge in [0.2, 0.25) is 0 Å². The monoisotopic (exact) mass is 561 g/mol. The smallest absolute Gasteiger partial charge is 0.170 e. The number of hydrogen-bond donors (Lipinski definition) is 1. The van der Waals surface area contributed by atoms with Crippen LogP contribution in [0, 0.1) is 0 Å². The summed E-state index contributed by atoms with van der Waals surface area (Å²) >= 11 is 0. The van der Waals surface area contributed by atoms with E-state index in [0.29, 0.717) is 0 Å². The zero-order chi connectivity index (χ0) is 28.6. The number of nitrogens with one attached hydrogen (secondary N) is 1. The van der Waals surface area contributed by atoms with Crippen molar-refractivity contribution in [3.63, 3.8) is 0 Å². The molecule has 1 rings (SSSR count). The highest BCUT2D eigenvalue weighted by molar-refractivity contribution is 5.33. The number of nitrogens with zero attached hydrogens (tertiary/aromatic N) is 3. The van der Waals surface area contributed by atoms with Gasteiger partial charge < -0.3 is 4.90 Å². The Morgan fingerprint density at radius 3 is 0.950 bits per heavy atom. The molecule has 0 saturated heterocycles. The lowest BCUT2D eigenvalue weighted by Gasteiger charge is -2.21. The normalized spacial score (nSPS) is 11.4. The van der Waals surface area contributed by atoms with Crippen molar-refractivity contribution in [2.24, 2.45) is 0 Å². The molecule has 236 valence electrons. The van der Waals surface area contributed by atoms with E-state index in [1.165, 1.54) is 193 Å². The third-order valence-electron chi connectivity index (χ3n) is 8.79. The summed E-state index contributed by atoms with van der Waals surface area (Å²) in [5.74, 6) is 1.04. The molecule has 0 saturated carbocycles. The zero-order valence-corrected chi connectivity index (χ0v) is 27.5. The molecular weight excluding hydrogens is 488 g/mol. The van der Waals surface area contributed by atoms with Gasteiger partial charge in [0.15, 0.2) is 5.82 Å². The number of hydrogen-bond acceptors (Lipinski definition) is 3. The topological polar surface area (TPSA) is 44.8 Å². The molecule has 0 spiro atoms. The molecule has 4 heteroatoms. The first-order valence-electron chi connectivity index (χ1n) is 18.5. The van der Waals surface area contributed by atoms with Crippen LogP contribution < -0.4 is 4.90 Å². The van der Waals surface area contributed by atoms with Crippen molar-refractivity contribution in [3.05, 3.63) is 6.20 Å². The van der Waals surface area contributed by atoms with E-state index >= 15 is 0 Å². The van der Waals surface area contributed by atoms with Crippen LogP contribution in [0.1, 0.15) is 206 Å². The van der Waals surface area contributed by atoms with Crippen LogP contribution in [0.5, 0.6) is 0 Å². The third-order valence-corrected chi connectivity index (χ3v) is 8.79. The average molecular weight is 561 g/mol. The number of H-pyrrole nitrogens is 1. The minimum atomic E-state index is 1.04. The van der Waals surface area contributed by atoms with E-state index in [4.69, 9.17) is 0 Å². The fourth-order valence-electron chi connectivity index (χ4n) is 6.04. The minimum Gasteiger partial charge on any atom is -0.354 e. The fraction of sp³-hybridized carbons (Fsp3) is 0.944. The number of unbranched alkanes of at least 4 members (excludes halogenated alkanes) is 28. The van der Waals surface area contributed by atoms with Gasteiger partial charge in [-0.15, -0.1) is 5.10 Å². The number of aromatic amines is 1. The Bertz CT molecular complexity index is 539. The van der Waals surface area contributed by atoms with Crippen molar-refractivity contribution in [2.75, 3.05) is 18.0 Å². The summed E-state index contributed by atoms with van der Waals surface area (Å²) in [7, 11) is 0. The van der Waals surface area contributed by atoms with Gasteiger partial charge in [0.1, 0.15) is 0 Å². The van der Waals surface area contributed by atoms with E-state index in [2.05, 4.69) is 34.2 Å². The van der Waals surface area contributed by atoms with E-state index in [9.17, 15) is 0 Å². The average Bonchev–Trinajstić information content (AvgIpc) is 3.51. The Balaban J connectivity index is 1.91. The van der Waals surface area contributed by atoms with E-state index in [1.54, 1.807) is 0 Å². The van der Waals surface area contributed by atoms with Gasteiger partial charge in [-0.2, -0.15) is 10.3 Å². The molecule has 4 nitrogen and oxygen atoms in total. The molecular formula is C36H72N4. The molecule has 0 fully saturated rings. The standard InChI is InChI=1S/C36H72N4/c1-3-5-7-9-11-13-15-17-19-21-23-25-27-29-31-33-40(36-35-37-39-38-36)34-32-30-28-26-24-22-20-18-16-14-12-10-8-6-4-2/h35H,3-34H2,1-2H3,(H,37,38,39). The van der Waals surface area contributed by atoms with Crippen molar-refractivity contribution in [3.8, 4) is 0 Å². The summed E-state index contributed by atoms with van der Waals surface area (Å²) in [6, 6.07) is 0. The molecule has 1 aromatic rings. The molecule has 0 aromatic carbocycles. The highest BCUT2D eigenvalue weighted by Gasteiger charge is 2.08. The van der Waals surface area contributed by atoms with Gasteiger partial charge in [-0.05, 0) is 12.8 Å². The Hall–Kier alpha value is -1.06. The number of anilines is 1. The predicted molar refractivity (Wildman–Crippen MR) is 178 cm³/mol. The van der Waals surface area contributed by atoms with Gasteiger partial charge >= 0.3 is 0 Å². The molecule has 0 atom stereocenters. The Morgan fingerprint density at radius 1 is 0.425 bits per heavy atom. The summed E-state index contributed by atoms with van der Waals surface area (Å²) in [4.78, 5) is 2.47. The molecule has 1 heterocycles. The molecule has 1 aromatic heterocycles. The SMILES string of the molecule is CCCCCCCCCCCCCCCCCN(CCCCCCCCCCCCCCCCC)c1cn[nH]n1. The van der Waals surface area contributed by atoms with Crippen LogP contribution in [-0.2, 0) is 0 Å². The quantitative estimate of drug-likeness (QED) is 0.0869. The van der Waals surface area contributed by atoms with Crippen molar-refractivity contribution >= 4 is 5.82 Å². The molecule has 0 bridgehead atoms. The van der Waals surface area contributed by atoms with Gasteiger partial charge in [0.05, 0.1) is 6.20 Å². The van der Waals surface area contributed by atoms with Gasteiger partial charge in [-0.1, -0.05) is 194 Å². The number of aromatic nitrogens is 3. The highest BCUT2D eigenvalue weighted by atomic mass is 15.4. The van der Waals surface area contributed by atoms with Crippen molar-refractivity contribution in [2.45, 2.75) is 206 Å². The van der Waals surface area contributed by atoms with Crippen LogP contribution >= 0.6 is 0 Å². The van der Waals surface area contributed by atoms with Crippen LogP contribution in [0.3, 0.4) is 0 Å². The number of rotatable bonds is 33. The first-order chi connectivity index (χ1) is 19.9. The first-order valence-corrected chi connectivity index (χ1v) is 18.5. The Kier molecular flexibility index (Phi) is 28.5.